The average Bonchev–Trinajstić information content (AvgIpc) is 2.99. The molecule has 2 rings (SSSR count). The van der Waals surface area contributed by atoms with Crippen molar-refractivity contribution in [3.8, 4) is 11.5 Å². The van der Waals surface area contributed by atoms with E-state index in [0.29, 0.717) is 17.9 Å². The first kappa shape index (κ1) is 37.2. The van der Waals surface area contributed by atoms with E-state index >= 15 is 0 Å². The topological polar surface area (TPSA) is 90.7 Å². The second kappa shape index (κ2) is 14.4. The highest BCUT2D eigenvalue weighted by Gasteiger charge is 2.32. The number of carbonyl (C=O) groups is 2. The van der Waals surface area contributed by atoms with Gasteiger partial charge in [0, 0.05) is 11.1 Å². The van der Waals surface area contributed by atoms with E-state index in [1.807, 2.05) is 25.1 Å². The standard InChI is InChI=1S/C38H60N2O4/c1-14-29(43-30-21-19-25(35(6,7)15-2)23-27(30)37(10,11)17-4)33(42)40-34(32(39)41)44-31-22-20-26(36(8,9)16-3)24-28(31)38(12,13)18-5/h19-24,29,34H,14-18H2,1-13H3,(H2,39,41)(H,40,42). The average molecular weight is 609 g/mol. The smallest absolute Gasteiger partial charge is 0.280 e. The van der Waals surface area contributed by atoms with Crippen molar-refractivity contribution < 1.29 is 19.1 Å². The molecule has 246 valence electrons. The van der Waals surface area contributed by atoms with E-state index in [1.165, 1.54) is 11.1 Å². The minimum absolute atomic E-state index is 0.0143. The van der Waals surface area contributed by atoms with E-state index in [-0.39, 0.29) is 21.7 Å². The molecule has 6 heteroatoms. The molecule has 2 unspecified atom stereocenters. The van der Waals surface area contributed by atoms with Crippen molar-refractivity contribution in [1.82, 2.24) is 5.32 Å². The van der Waals surface area contributed by atoms with E-state index in [2.05, 4.69) is 107 Å². The summed E-state index contributed by atoms with van der Waals surface area (Å²) in [5.41, 5.74) is 9.87. The van der Waals surface area contributed by atoms with Crippen LogP contribution >= 0.6 is 0 Å². The summed E-state index contributed by atoms with van der Waals surface area (Å²) in [4.78, 5) is 26.3. The van der Waals surface area contributed by atoms with Crippen molar-refractivity contribution in [3.05, 3.63) is 58.7 Å². The summed E-state index contributed by atoms with van der Waals surface area (Å²) in [6.07, 6.45) is 1.97. The molecule has 6 nitrogen and oxygen atoms in total. The zero-order chi connectivity index (χ0) is 33.7. The first-order chi connectivity index (χ1) is 20.3. The van der Waals surface area contributed by atoms with Crippen LogP contribution in [0.4, 0.5) is 0 Å². The summed E-state index contributed by atoms with van der Waals surface area (Å²) >= 11 is 0. The molecule has 2 aromatic carbocycles. The Morgan fingerprint density at radius 1 is 0.659 bits per heavy atom. The van der Waals surface area contributed by atoms with Gasteiger partial charge in [-0.05, 0) is 77.0 Å². The highest BCUT2D eigenvalue weighted by molar-refractivity contribution is 5.88. The number of carbonyl (C=O) groups excluding carboxylic acids is 2. The SMILES string of the molecule is CCC(Oc1ccc(C(C)(C)CC)cc1C(C)(C)CC)C(=O)NC(Oc1ccc(C(C)(C)CC)cc1C(C)(C)CC)C(N)=O. The summed E-state index contributed by atoms with van der Waals surface area (Å²) in [6.45, 7) is 28.1. The Balaban J connectivity index is 2.44. The number of amides is 2. The molecule has 2 atom stereocenters. The third-order valence-corrected chi connectivity index (χ3v) is 10.2. The number of nitrogens with two attached hydrogens (primary N) is 1. The zero-order valence-corrected chi connectivity index (χ0v) is 29.9. The molecule has 0 aliphatic carbocycles. The molecular weight excluding hydrogens is 548 g/mol. The second-order valence-corrected chi connectivity index (χ2v) is 14.8. The van der Waals surface area contributed by atoms with Crippen LogP contribution in [-0.4, -0.2) is 24.1 Å². The molecule has 44 heavy (non-hydrogen) atoms. The largest absolute Gasteiger partial charge is 0.480 e. The molecule has 0 fully saturated rings. The van der Waals surface area contributed by atoms with Crippen molar-refractivity contribution in [2.45, 2.75) is 156 Å². The van der Waals surface area contributed by atoms with Gasteiger partial charge in [0.05, 0.1) is 0 Å². The van der Waals surface area contributed by atoms with Crippen molar-refractivity contribution in [1.29, 1.82) is 0 Å². The van der Waals surface area contributed by atoms with Crippen LogP contribution in [-0.2, 0) is 31.2 Å². The summed E-state index contributed by atoms with van der Waals surface area (Å²) in [6, 6.07) is 12.4. The Hall–Kier alpha value is -3.02. The third-order valence-electron chi connectivity index (χ3n) is 10.2. The first-order valence-electron chi connectivity index (χ1n) is 16.5. The number of hydrogen-bond acceptors (Lipinski definition) is 4. The number of benzene rings is 2. The van der Waals surface area contributed by atoms with Crippen LogP contribution in [0.15, 0.2) is 36.4 Å². The second-order valence-electron chi connectivity index (χ2n) is 14.8. The third kappa shape index (κ3) is 8.57. The number of rotatable bonds is 16. The summed E-state index contributed by atoms with van der Waals surface area (Å²) < 4.78 is 12.6. The van der Waals surface area contributed by atoms with E-state index in [1.54, 1.807) is 0 Å². The monoisotopic (exact) mass is 608 g/mol. The van der Waals surface area contributed by atoms with Crippen LogP contribution in [0.5, 0.6) is 11.5 Å². The lowest BCUT2D eigenvalue weighted by molar-refractivity contribution is -0.137. The fourth-order valence-corrected chi connectivity index (χ4v) is 4.94. The lowest BCUT2D eigenvalue weighted by atomic mass is 9.76. The lowest BCUT2D eigenvalue weighted by Crippen LogP contribution is -2.52. The quantitative estimate of drug-likeness (QED) is 0.187. The Bertz CT molecular complexity index is 1290. The highest BCUT2D eigenvalue weighted by Crippen LogP contribution is 2.40. The van der Waals surface area contributed by atoms with Crippen molar-refractivity contribution in [2.75, 3.05) is 0 Å². The van der Waals surface area contributed by atoms with Gasteiger partial charge in [0.2, 0.25) is 0 Å². The maximum Gasteiger partial charge on any atom is 0.280 e. The zero-order valence-electron chi connectivity index (χ0n) is 29.9. The molecular formula is C38H60N2O4. The molecule has 2 aromatic rings. The molecule has 0 aliphatic rings. The number of ether oxygens (including phenoxy) is 2. The molecule has 0 heterocycles. The van der Waals surface area contributed by atoms with Crippen molar-refractivity contribution in [3.63, 3.8) is 0 Å². The predicted octanol–water partition coefficient (Wildman–Crippen LogP) is 8.60. The van der Waals surface area contributed by atoms with Gasteiger partial charge in [-0.1, -0.05) is 114 Å². The maximum absolute atomic E-state index is 13.6. The molecule has 0 spiro atoms. The minimum atomic E-state index is -1.35. The normalized spacial score (nSPS) is 14.1. The van der Waals surface area contributed by atoms with Crippen LogP contribution in [0.2, 0.25) is 0 Å². The highest BCUT2D eigenvalue weighted by atomic mass is 16.5. The van der Waals surface area contributed by atoms with Gasteiger partial charge >= 0.3 is 0 Å². The molecule has 0 aliphatic heterocycles. The molecule has 3 N–H and O–H groups in total. The van der Waals surface area contributed by atoms with Gasteiger partial charge in [-0.25, -0.2) is 0 Å². The van der Waals surface area contributed by atoms with E-state index in [4.69, 9.17) is 15.2 Å². The van der Waals surface area contributed by atoms with Gasteiger partial charge in [-0.3, -0.25) is 9.59 Å². The van der Waals surface area contributed by atoms with E-state index in [9.17, 15) is 9.59 Å². The fraction of sp³-hybridized carbons (Fsp3) is 0.632. The molecule has 0 radical (unpaired) electrons. The van der Waals surface area contributed by atoms with Crippen molar-refractivity contribution in [2.24, 2.45) is 5.73 Å². The Kier molecular flexibility index (Phi) is 12.2. The van der Waals surface area contributed by atoms with Crippen LogP contribution in [0.3, 0.4) is 0 Å². The van der Waals surface area contributed by atoms with Crippen molar-refractivity contribution >= 4 is 11.8 Å². The molecule has 0 saturated carbocycles. The first-order valence-corrected chi connectivity index (χ1v) is 16.5. The van der Waals surface area contributed by atoms with Gasteiger partial charge in [-0.15, -0.1) is 0 Å². The van der Waals surface area contributed by atoms with Gasteiger partial charge in [0.1, 0.15) is 11.5 Å². The molecule has 2 amide bonds. The van der Waals surface area contributed by atoms with Crippen LogP contribution in [0.25, 0.3) is 0 Å². The summed E-state index contributed by atoms with van der Waals surface area (Å²) in [7, 11) is 0. The lowest BCUT2D eigenvalue weighted by Gasteiger charge is -2.32. The van der Waals surface area contributed by atoms with Crippen LogP contribution in [0, 0.1) is 0 Å². The van der Waals surface area contributed by atoms with Crippen LogP contribution < -0.4 is 20.5 Å². The molecule has 0 bridgehead atoms. The summed E-state index contributed by atoms with van der Waals surface area (Å²) in [5, 5.41) is 2.75. The van der Waals surface area contributed by atoms with Gasteiger partial charge in [0.15, 0.2) is 6.10 Å². The Morgan fingerprint density at radius 2 is 1.05 bits per heavy atom. The number of primary amides is 1. The Labute approximate surface area is 267 Å². The molecule has 0 saturated heterocycles. The predicted molar refractivity (Wildman–Crippen MR) is 183 cm³/mol. The van der Waals surface area contributed by atoms with Crippen LogP contribution in [0.1, 0.15) is 144 Å². The van der Waals surface area contributed by atoms with Gasteiger partial charge < -0.3 is 20.5 Å². The Morgan fingerprint density at radius 3 is 1.39 bits per heavy atom. The van der Waals surface area contributed by atoms with E-state index < -0.39 is 24.1 Å². The fourth-order valence-electron chi connectivity index (χ4n) is 4.94. The number of nitrogens with one attached hydrogen (secondary N) is 1. The maximum atomic E-state index is 13.6. The minimum Gasteiger partial charge on any atom is -0.480 e. The van der Waals surface area contributed by atoms with Gasteiger partial charge in [0.25, 0.3) is 18.0 Å². The summed E-state index contributed by atoms with van der Waals surface area (Å²) in [5.74, 6) is -0.0150. The number of hydrogen-bond donors (Lipinski definition) is 2. The van der Waals surface area contributed by atoms with E-state index in [0.717, 1.165) is 36.8 Å². The van der Waals surface area contributed by atoms with Gasteiger partial charge in [-0.2, -0.15) is 0 Å². The molecule has 0 aromatic heterocycles.